The largest absolute Gasteiger partial charge is 0.496 e. The molecule has 108 valence electrons. The van der Waals surface area contributed by atoms with Crippen molar-refractivity contribution in [2.24, 2.45) is 0 Å². The zero-order valence-corrected chi connectivity index (χ0v) is 12.1. The number of ether oxygens (including phenoxy) is 1. The van der Waals surface area contributed by atoms with E-state index in [0.29, 0.717) is 35.7 Å². The molecular formula is C14H16ClNO4. The second-order valence-corrected chi connectivity index (χ2v) is 5.42. The van der Waals surface area contributed by atoms with Crippen LogP contribution in [0.2, 0.25) is 5.02 Å². The predicted molar refractivity (Wildman–Crippen MR) is 74.3 cm³/mol. The van der Waals surface area contributed by atoms with Crippen molar-refractivity contribution >= 4 is 23.5 Å². The summed E-state index contributed by atoms with van der Waals surface area (Å²) in [5.41, 5.74) is -0.840. The molecule has 1 fully saturated rings. The Morgan fingerprint density at radius 1 is 1.45 bits per heavy atom. The summed E-state index contributed by atoms with van der Waals surface area (Å²) in [5.74, 6) is -0.987. The molecule has 1 aliphatic rings. The van der Waals surface area contributed by atoms with Crippen molar-refractivity contribution in [3.63, 3.8) is 0 Å². The molecule has 20 heavy (non-hydrogen) atoms. The lowest BCUT2D eigenvalue weighted by Crippen LogP contribution is -2.50. The quantitative estimate of drug-likeness (QED) is 0.930. The van der Waals surface area contributed by atoms with E-state index in [4.69, 9.17) is 16.3 Å². The lowest BCUT2D eigenvalue weighted by atomic mass is 9.98. The summed E-state index contributed by atoms with van der Waals surface area (Å²) in [5, 5.41) is 9.82. The van der Waals surface area contributed by atoms with Gasteiger partial charge in [-0.05, 0) is 38.0 Å². The third-order valence-electron chi connectivity index (χ3n) is 3.74. The maximum Gasteiger partial charge on any atom is 0.329 e. The molecule has 0 bridgehead atoms. The van der Waals surface area contributed by atoms with E-state index < -0.39 is 11.5 Å². The summed E-state index contributed by atoms with van der Waals surface area (Å²) in [6.45, 7) is 2.00. The number of carboxylic acids is 1. The molecule has 1 saturated heterocycles. The minimum atomic E-state index is -1.16. The lowest BCUT2D eigenvalue weighted by Gasteiger charge is -2.31. The summed E-state index contributed by atoms with van der Waals surface area (Å²) < 4.78 is 5.16. The fourth-order valence-electron chi connectivity index (χ4n) is 2.50. The standard InChI is InChI=1S/C14H16ClNO4/c1-14(13(18)19)6-3-7-16(14)12(17)10-5-4-9(15)8-11(10)20-2/h4-5,8H,3,6-7H2,1-2H3,(H,18,19). The smallest absolute Gasteiger partial charge is 0.329 e. The van der Waals surface area contributed by atoms with E-state index in [0.717, 1.165) is 0 Å². The van der Waals surface area contributed by atoms with Gasteiger partial charge in [0.1, 0.15) is 11.3 Å². The molecule has 1 unspecified atom stereocenters. The molecule has 0 radical (unpaired) electrons. The minimum absolute atomic E-state index is 0.325. The number of carbonyl (C=O) groups excluding carboxylic acids is 1. The molecule has 0 aliphatic carbocycles. The third kappa shape index (κ3) is 2.33. The fourth-order valence-corrected chi connectivity index (χ4v) is 2.66. The minimum Gasteiger partial charge on any atom is -0.496 e. The highest BCUT2D eigenvalue weighted by Crippen LogP contribution is 2.33. The lowest BCUT2D eigenvalue weighted by molar-refractivity contribution is -0.147. The van der Waals surface area contributed by atoms with Crippen LogP contribution in [0.15, 0.2) is 18.2 Å². The van der Waals surface area contributed by atoms with Crippen molar-refractivity contribution in [2.45, 2.75) is 25.3 Å². The van der Waals surface area contributed by atoms with E-state index in [2.05, 4.69) is 0 Å². The first kappa shape index (κ1) is 14.7. The van der Waals surface area contributed by atoms with Gasteiger partial charge in [-0.15, -0.1) is 0 Å². The molecule has 5 nitrogen and oxygen atoms in total. The van der Waals surface area contributed by atoms with E-state index >= 15 is 0 Å². The average Bonchev–Trinajstić information content (AvgIpc) is 2.81. The molecule has 0 aromatic heterocycles. The first-order valence-electron chi connectivity index (χ1n) is 6.29. The zero-order valence-electron chi connectivity index (χ0n) is 11.4. The van der Waals surface area contributed by atoms with Gasteiger partial charge in [-0.3, -0.25) is 4.79 Å². The first-order valence-corrected chi connectivity index (χ1v) is 6.67. The number of hydrogen-bond acceptors (Lipinski definition) is 3. The maximum atomic E-state index is 12.6. The van der Waals surface area contributed by atoms with Gasteiger partial charge >= 0.3 is 5.97 Å². The fraction of sp³-hybridized carbons (Fsp3) is 0.429. The Labute approximate surface area is 122 Å². The van der Waals surface area contributed by atoms with Crippen LogP contribution in [0.25, 0.3) is 0 Å². The number of halogens is 1. The molecule has 0 saturated carbocycles. The normalized spacial score (nSPS) is 21.9. The Morgan fingerprint density at radius 2 is 2.15 bits per heavy atom. The Balaban J connectivity index is 2.39. The van der Waals surface area contributed by atoms with Gasteiger partial charge in [0.25, 0.3) is 5.91 Å². The molecule has 1 amide bonds. The number of rotatable bonds is 3. The number of nitrogens with zero attached hydrogens (tertiary/aromatic N) is 1. The van der Waals surface area contributed by atoms with Crippen LogP contribution in [0.3, 0.4) is 0 Å². The molecular weight excluding hydrogens is 282 g/mol. The molecule has 1 N–H and O–H groups in total. The van der Waals surface area contributed by atoms with Gasteiger partial charge in [0.15, 0.2) is 0 Å². The van der Waals surface area contributed by atoms with Crippen molar-refractivity contribution in [1.29, 1.82) is 0 Å². The van der Waals surface area contributed by atoms with Crippen LogP contribution >= 0.6 is 11.6 Å². The van der Waals surface area contributed by atoms with Gasteiger partial charge in [-0.25, -0.2) is 4.79 Å². The van der Waals surface area contributed by atoms with E-state index in [9.17, 15) is 14.7 Å². The summed E-state index contributed by atoms with van der Waals surface area (Å²) in [6.07, 6.45) is 1.12. The SMILES string of the molecule is COc1cc(Cl)ccc1C(=O)N1CCCC1(C)C(=O)O. The van der Waals surface area contributed by atoms with Gasteiger partial charge in [0, 0.05) is 11.6 Å². The topological polar surface area (TPSA) is 66.8 Å². The van der Waals surface area contributed by atoms with E-state index in [1.54, 1.807) is 25.1 Å². The van der Waals surface area contributed by atoms with E-state index in [1.165, 1.54) is 12.0 Å². The zero-order chi connectivity index (χ0) is 14.9. The Hall–Kier alpha value is -1.75. The highest BCUT2D eigenvalue weighted by atomic mass is 35.5. The van der Waals surface area contributed by atoms with Crippen molar-refractivity contribution in [2.75, 3.05) is 13.7 Å². The molecule has 1 atom stereocenters. The number of hydrogen-bond donors (Lipinski definition) is 1. The second-order valence-electron chi connectivity index (χ2n) is 4.98. The number of aliphatic carboxylic acids is 1. The number of amides is 1. The highest BCUT2D eigenvalue weighted by molar-refractivity contribution is 6.30. The molecule has 1 aromatic rings. The van der Waals surface area contributed by atoms with Crippen LogP contribution in [-0.4, -0.2) is 41.1 Å². The number of likely N-dealkylation sites (tertiary alicyclic amines) is 1. The Bertz CT molecular complexity index is 560. The number of benzene rings is 1. The van der Waals surface area contributed by atoms with Gasteiger partial charge in [-0.2, -0.15) is 0 Å². The molecule has 2 rings (SSSR count). The van der Waals surface area contributed by atoms with Gasteiger partial charge in [0.05, 0.1) is 12.7 Å². The van der Waals surface area contributed by atoms with Crippen LogP contribution in [0.5, 0.6) is 5.75 Å². The summed E-state index contributed by atoms with van der Waals surface area (Å²) in [7, 11) is 1.45. The van der Waals surface area contributed by atoms with Crippen molar-refractivity contribution in [1.82, 2.24) is 4.90 Å². The monoisotopic (exact) mass is 297 g/mol. The molecule has 1 aliphatic heterocycles. The number of methoxy groups -OCH3 is 1. The number of carbonyl (C=O) groups is 2. The average molecular weight is 298 g/mol. The van der Waals surface area contributed by atoms with Gasteiger partial charge in [-0.1, -0.05) is 11.6 Å². The Morgan fingerprint density at radius 3 is 2.75 bits per heavy atom. The van der Waals surface area contributed by atoms with Crippen molar-refractivity contribution < 1.29 is 19.4 Å². The van der Waals surface area contributed by atoms with E-state index in [-0.39, 0.29) is 5.91 Å². The van der Waals surface area contributed by atoms with Crippen molar-refractivity contribution in [3.05, 3.63) is 28.8 Å². The maximum absolute atomic E-state index is 12.6. The third-order valence-corrected chi connectivity index (χ3v) is 3.98. The molecule has 1 heterocycles. The van der Waals surface area contributed by atoms with Crippen LogP contribution < -0.4 is 4.74 Å². The van der Waals surface area contributed by atoms with Crippen molar-refractivity contribution in [3.8, 4) is 5.75 Å². The molecule has 0 spiro atoms. The summed E-state index contributed by atoms with van der Waals surface area (Å²) in [4.78, 5) is 25.4. The Kier molecular flexibility index (Phi) is 3.90. The van der Waals surface area contributed by atoms with Gasteiger partial charge < -0.3 is 14.7 Å². The summed E-state index contributed by atoms with van der Waals surface area (Å²) >= 11 is 5.87. The molecule has 1 aromatic carbocycles. The number of carboxylic acid groups (broad SMARTS) is 1. The van der Waals surface area contributed by atoms with Crippen LogP contribution in [0.4, 0.5) is 0 Å². The van der Waals surface area contributed by atoms with Gasteiger partial charge in [0.2, 0.25) is 0 Å². The summed E-state index contributed by atoms with van der Waals surface area (Å²) in [6, 6.07) is 4.69. The predicted octanol–water partition coefficient (Wildman–Crippen LogP) is 2.43. The van der Waals surface area contributed by atoms with Crippen LogP contribution in [0, 0.1) is 0 Å². The van der Waals surface area contributed by atoms with Crippen LogP contribution in [-0.2, 0) is 4.79 Å². The first-order chi connectivity index (χ1) is 9.40. The highest BCUT2D eigenvalue weighted by Gasteiger charge is 2.46. The molecule has 6 heteroatoms. The second kappa shape index (κ2) is 5.32. The van der Waals surface area contributed by atoms with E-state index in [1.807, 2.05) is 0 Å². The van der Waals surface area contributed by atoms with Crippen LogP contribution in [0.1, 0.15) is 30.1 Å².